The quantitative estimate of drug-likeness (QED) is 0.613. The van der Waals surface area contributed by atoms with Crippen LogP contribution in [0.3, 0.4) is 0 Å². The van der Waals surface area contributed by atoms with Crippen molar-refractivity contribution in [1.82, 2.24) is 0 Å². The average molecular weight is 330 g/mol. The van der Waals surface area contributed by atoms with E-state index in [1.165, 1.54) is 7.11 Å². The molecule has 128 valence electrons. The molecule has 2 saturated carbocycles. The molecule has 0 aliphatic heterocycles. The molecule has 0 aromatic heterocycles. The van der Waals surface area contributed by atoms with E-state index in [2.05, 4.69) is 0 Å². The number of carbonyl (C=O) groups excluding carboxylic acids is 3. The topological polar surface area (TPSA) is 69.7 Å². The summed E-state index contributed by atoms with van der Waals surface area (Å²) in [5, 5.41) is 0. The Morgan fingerprint density at radius 3 is 2.17 bits per heavy atom. The molecule has 4 atom stereocenters. The van der Waals surface area contributed by atoms with E-state index < -0.39 is 17.8 Å². The Balaban J connectivity index is 1.63. The van der Waals surface area contributed by atoms with E-state index in [0.29, 0.717) is 5.56 Å². The van der Waals surface area contributed by atoms with E-state index in [-0.39, 0.29) is 30.2 Å². The number of benzene rings is 1. The molecule has 2 aliphatic rings. The van der Waals surface area contributed by atoms with Crippen molar-refractivity contribution in [3.8, 4) is 0 Å². The maximum Gasteiger partial charge on any atom is 0.310 e. The Morgan fingerprint density at radius 2 is 1.58 bits per heavy atom. The molecule has 0 spiro atoms. The number of methoxy groups -OCH3 is 1. The first-order chi connectivity index (χ1) is 11.5. The van der Waals surface area contributed by atoms with Gasteiger partial charge in [-0.15, -0.1) is 0 Å². The number of esters is 2. The fourth-order valence-electron chi connectivity index (χ4n) is 4.16. The number of fused-ring (bicyclic) bond motifs is 2. The van der Waals surface area contributed by atoms with E-state index in [9.17, 15) is 14.4 Å². The van der Waals surface area contributed by atoms with Gasteiger partial charge in [0.1, 0.15) is 0 Å². The van der Waals surface area contributed by atoms with Crippen molar-refractivity contribution in [2.45, 2.75) is 26.2 Å². The first kappa shape index (κ1) is 16.7. The second-order valence-corrected chi connectivity index (χ2v) is 6.80. The third-order valence-corrected chi connectivity index (χ3v) is 5.38. The highest BCUT2D eigenvalue weighted by molar-refractivity contribution is 5.98. The van der Waals surface area contributed by atoms with Crippen LogP contribution in [0, 0.1) is 30.6 Å². The molecule has 0 unspecified atom stereocenters. The van der Waals surface area contributed by atoms with Crippen LogP contribution in [-0.2, 0) is 19.1 Å². The highest BCUT2D eigenvalue weighted by Gasteiger charge is 2.55. The second-order valence-electron chi connectivity index (χ2n) is 6.80. The van der Waals surface area contributed by atoms with Gasteiger partial charge in [-0.3, -0.25) is 14.4 Å². The monoisotopic (exact) mass is 330 g/mol. The van der Waals surface area contributed by atoms with Crippen LogP contribution in [0.15, 0.2) is 24.3 Å². The van der Waals surface area contributed by atoms with Gasteiger partial charge in [0.2, 0.25) is 0 Å². The van der Waals surface area contributed by atoms with Gasteiger partial charge in [0.05, 0.1) is 18.9 Å². The lowest BCUT2D eigenvalue weighted by Crippen LogP contribution is -2.37. The molecule has 2 aliphatic carbocycles. The van der Waals surface area contributed by atoms with Crippen molar-refractivity contribution in [2.75, 3.05) is 13.7 Å². The maximum absolute atomic E-state index is 12.5. The van der Waals surface area contributed by atoms with E-state index in [0.717, 1.165) is 24.8 Å². The smallest absolute Gasteiger partial charge is 0.310 e. The molecule has 0 amide bonds. The fraction of sp³-hybridized carbons (Fsp3) is 0.526. The zero-order valence-corrected chi connectivity index (χ0v) is 14.0. The van der Waals surface area contributed by atoms with E-state index >= 15 is 0 Å². The first-order valence-electron chi connectivity index (χ1n) is 8.35. The van der Waals surface area contributed by atoms with Gasteiger partial charge in [0.25, 0.3) is 0 Å². The Morgan fingerprint density at radius 1 is 1.00 bits per heavy atom. The first-order valence-corrected chi connectivity index (χ1v) is 8.35. The van der Waals surface area contributed by atoms with Crippen molar-refractivity contribution < 1.29 is 23.9 Å². The van der Waals surface area contributed by atoms with Gasteiger partial charge in [0, 0.05) is 5.56 Å². The number of ketones is 1. The van der Waals surface area contributed by atoms with E-state index in [4.69, 9.17) is 9.47 Å². The van der Waals surface area contributed by atoms with Crippen LogP contribution in [0.2, 0.25) is 0 Å². The zero-order chi connectivity index (χ0) is 17.3. The SMILES string of the molecule is COC(=O)[C@H]1[C@H]2CC[C@H](C2)[C@H]1C(=O)OCC(=O)c1ccc(C)cc1. The molecule has 0 radical (unpaired) electrons. The van der Waals surface area contributed by atoms with Gasteiger partial charge in [-0.05, 0) is 38.0 Å². The fourth-order valence-corrected chi connectivity index (χ4v) is 4.16. The largest absolute Gasteiger partial charge is 0.469 e. The summed E-state index contributed by atoms with van der Waals surface area (Å²) < 4.78 is 10.1. The summed E-state index contributed by atoms with van der Waals surface area (Å²) in [6, 6.07) is 7.14. The molecule has 5 nitrogen and oxygen atoms in total. The standard InChI is InChI=1S/C19H22O5/c1-11-3-5-12(6-4-11)15(20)10-24-19(22)17-14-8-7-13(9-14)16(17)18(21)23-2/h3-6,13-14,16-17H,7-10H2,1-2H3/t13-,14+,16-,17+/m0/s1. The van der Waals surface area contributed by atoms with Gasteiger partial charge in [-0.2, -0.15) is 0 Å². The summed E-state index contributed by atoms with van der Waals surface area (Å²) in [4.78, 5) is 36.6. The van der Waals surface area contributed by atoms with Gasteiger partial charge >= 0.3 is 11.9 Å². The number of rotatable bonds is 5. The minimum absolute atomic E-state index is 0.168. The Bertz CT molecular complexity index is 648. The average Bonchev–Trinajstić information content (AvgIpc) is 3.20. The molecular formula is C19H22O5. The molecule has 24 heavy (non-hydrogen) atoms. The molecule has 0 saturated heterocycles. The molecule has 5 heteroatoms. The van der Waals surface area contributed by atoms with Crippen LogP contribution < -0.4 is 0 Å². The Kier molecular flexibility index (Phi) is 4.69. The number of aryl methyl sites for hydroxylation is 1. The summed E-state index contributed by atoms with van der Waals surface area (Å²) in [5.74, 6) is -1.54. The van der Waals surface area contributed by atoms with E-state index in [1.807, 2.05) is 19.1 Å². The normalized spacial score (nSPS) is 27.8. The van der Waals surface area contributed by atoms with Gasteiger partial charge in [-0.25, -0.2) is 0 Å². The number of hydrogen-bond donors (Lipinski definition) is 0. The highest BCUT2D eigenvalue weighted by Crippen LogP contribution is 2.53. The van der Waals surface area contributed by atoms with Crippen molar-refractivity contribution in [2.24, 2.45) is 23.7 Å². The van der Waals surface area contributed by atoms with Gasteiger partial charge < -0.3 is 9.47 Å². The molecule has 2 fully saturated rings. The third kappa shape index (κ3) is 3.07. The summed E-state index contributed by atoms with van der Waals surface area (Å²) in [7, 11) is 1.34. The van der Waals surface area contributed by atoms with Crippen molar-refractivity contribution >= 4 is 17.7 Å². The minimum Gasteiger partial charge on any atom is -0.469 e. The minimum atomic E-state index is -0.470. The van der Waals surface area contributed by atoms with Crippen LogP contribution in [0.4, 0.5) is 0 Å². The molecular weight excluding hydrogens is 308 g/mol. The lowest BCUT2D eigenvalue weighted by Gasteiger charge is -2.27. The summed E-state index contributed by atoms with van der Waals surface area (Å²) in [6.07, 6.45) is 2.76. The third-order valence-electron chi connectivity index (χ3n) is 5.38. The van der Waals surface area contributed by atoms with Crippen molar-refractivity contribution in [3.63, 3.8) is 0 Å². The lowest BCUT2D eigenvalue weighted by molar-refractivity contribution is -0.161. The summed E-state index contributed by atoms with van der Waals surface area (Å²) in [5.41, 5.74) is 1.58. The number of carbonyl (C=O) groups is 3. The summed E-state index contributed by atoms with van der Waals surface area (Å²) in [6.45, 7) is 1.65. The molecule has 1 aromatic rings. The maximum atomic E-state index is 12.5. The number of ether oxygens (including phenoxy) is 2. The molecule has 2 bridgehead atoms. The van der Waals surface area contributed by atoms with E-state index in [1.54, 1.807) is 12.1 Å². The Labute approximate surface area is 141 Å². The number of Topliss-reactive ketones (excluding diaryl/α,β-unsaturated/α-hetero) is 1. The molecule has 1 aromatic carbocycles. The van der Waals surface area contributed by atoms with Gasteiger partial charge in [0.15, 0.2) is 12.4 Å². The van der Waals surface area contributed by atoms with Crippen molar-refractivity contribution in [3.05, 3.63) is 35.4 Å². The molecule has 0 N–H and O–H groups in total. The van der Waals surface area contributed by atoms with Crippen LogP contribution in [0.25, 0.3) is 0 Å². The second kappa shape index (κ2) is 6.75. The lowest BCUT2D eigenvalue weighted by atomic mass is 9.79. The zero-order valence-electron chi connectivity index (χ0n) is 14.0. The van der Waals surface area contributed by atoms with Crippen LogP contribution in [0.1, 0.15) is 35.2 Å². The number of hydrogen-bond acceptors (Lipinski definition) is 5. The molecule has 3 rings (SSSR count). The summed E-state index contributed by atoms with van der Waals surface area (Å²) >= 11 is 0. The van der Waals surface area contributed by atoms with Crippen LogP contribution in [-0.4, -0.2) is 31.4 Å². The Hall–Kier alpha value is -2.17. The van der Waals surface area contributed by atoms with Gasteiger partial charge in [-0.1, -0.05) is 29.8 Å². The van der Waals surface area contributed by atoms with Crippen LogP contribution in [0.5, 0.6) is 0 Å². The molecule has 0 heterocycles. The highest BCUT2D eigenvalue weighted by atomic mass is 16.5. The van der Waals surface area contributed by atoms with Crippen molar-refractivity contribution in [1.29, 1.82) is 0 Å². The predicted molar refractivity (Wildman–Crippen MR) is 86.3 cm³/mol. The predicted octanol–water partition coefficient (Wildman–Crippen LogP) is 2.56. The van der Waals surface area contributed by atoms with Crippen LogP contribution >= 0.6 is 0 Å².